The Morgan fingerprint density at radius 3 is 2.06 bits per heavy atom. The summed E-state index contributed by atoms with van der Waals surface area (Å²) in [4.78, 5) is 34.9. The third-order valence-electron chi connectivity index (χ3n) is 7.13. The van der Waals surface area contributed by atoms with Gasteiger partial charge < -0.3 is 0 Å². The van der Waals surface area contributed by atoms with Crippen molar-refractivity contribution in [1.29, 1.82) is 0 Å². The van der Waals surface area contributed by atoms with E-state index < -0.39 is 11.9 Å². The fraction of sp³-hybridized carbons (Fsp3) is 0.286. The van der Waals surface area contributed by atoms with Crippen molar-refractivity contribution in [2.45, 2.75) is 50.9 Å². The SMILES string of the molecule is Cc1ccc(N2OC3(CCCCC3)n3c(=O)c4ccccc4c(=O)n3[C@@H]2c2ccccc2)cc1. The van der Waals surface area contributed by atoms with Gasteiger partial charge in [-0.2, -0.15) is 0 Å². The summed E-state index contributed by atoms with van der Waals surface area (Å²) in [6.45, 7) is 2.05. The smallest absolute Gasteiger partial charge is 0.267 e. The van der Waals surface area contributed by atoms with Gasteiger partial charge in [0.05, 0.1) is 16.5 Å². The minimum atomic E-state index is -0.908. The van der Waals surface area contributed by atoms with Crippen LogP contribution in [0.25, 0.3) is 10.8 Å². The van der Waals surface area contributed by atoms with Crippen molar-refractivity contribution in [3.05, 3.63) is 111 Å². The molecular weight excluding hydrogens is 426 g/mol. The van der Waals surface area contributed by atoms with Gasteiger partial charge in [-0.3, -0.25) is 9.59 Å². The van der Waals surface area contributed by atoms with E-state index in [1.54, 1.807) is 21.5 Å². The lowest BCUT2D eigenvalue weighted by molar-refractivity contribution is -0.198. The summed E-state index contributed by atoms with van der Waals surface area (Å²) in [5.74, 6) is 0. The molecule has 6 rings (SSSR count). The quantitative estimate of drug-likeness (QED) is 0.424. The number of aromatic nitrogens is 2. The number of rotatable bonds is 2. The molecule has 1 aliphatic heterocycles. The van der Waals surface area contributed by atoms with Crippen LogP contribution in [0.15, 0.2) is 88.5 Å². The summed E-state index contributed by atoms with van der Waals surface area (Å²) in [6.07, 6.45) is 3.69. The van der Waals surface area contributed by atoms with Crippen molar-refractivity contribution in [2.24, 2.45) is 0 Å². The number of hydroxylamine groups is 1. The Morgan fingerprint density at radius 2 is 1.38 bits per heavy atom. The van der Waals surface area contributed by atoms with E-state index in [1.807, 2.05) is 78.7 Å². The van der Waals surface area contributed by atoms with Crippen molar-refractivity contribution >= 4 is 16.5 Å². The van der Waals surface area contributed by atoms with E-state index in [1.165, 1.54) is 0 Å². The maximum absolute atomic E-state index is 14.1. The van der Waals surface area contributed by atoms with E-state index in [4.69, 9.17) is 4.84 Å². The van der Waals surface area contributed by atoms with Crippen molar-refractivity contribution < 1.29 is 4.84 Å². The molecule has 0 N–H and O–H groups in total. The van der Waals surface area contributed by atoms with Crippen LogP contribution in [-0.2, 0) is 10.6 Å². The number of hydrogen-bond donors (Lipinski definition) is 0. The van der Waals surface area contributed by atoms with Gasteiger partial charge in [0.1, 0.15) is 0 Å². The zero-order valence-electron chi connectivity index (χ0n) is 19.2. The summed E-state index contributed by atoms with van der Waals surface area (Å²) >= 11 is 0. The zero-order valence-corrected chi connectivity index (χ0v) is 19.2. The minimum absolute atomic E-state index is 0.179. The molecule has 6 nitrogen and oxygen atoms in total. The van der Waals surface area contributed by atoms with Gasteiger partial charge in [0, 0.05) is 0 Å². The number of anilines is 1. The average Bonchev–Trinajstić information content (AvgIpc) is 2.88. The Labute approximate surface area is 197 Å². The van der Waals surface area contributed by atoms with Crippen LogP contribution in [0.1, 0.15) is 49.4 Å². The first-order valence-electron chi connectivity index (χ1n) is 12.0. The molecule has 0 radical (unpaired) electrons. The van der Waals surface area contributed by atoms with Crippen LogP contribution in [0.5, 0.6) is 0 Å². The second-order valence-corrected chi connectivity index (χ2v) is 9.36. The standard InChI is InChI=1S/C28H27N3O3/c1-20-14-16-22(17-15-20)30-25(21-10-4-2-5-11-21)29-26(32)23-12-6-7-13-24(23)27(33)31(29)28(34-30)18-8-3-9-19-28/h2,4-7,10-17,25H,3,8-9,18-19H2,1H3/t25-/m0/s1. The first kappa shape index (κ1) is 20.9. The Morgan fingerprint density at radius 1 is 0.765 bits per heavy atom. The molecule has 1 fully saturated rings. The number of hydrogen-bond acceptors (Lipinski definition) is 4. The highest BCUT2D eigenvalue weighted by Crippen LogP contribution is 2.43. The zero-order chi connectivity index (χ0) is 23.3. The Hall–Kier alpha value is -3.64. The van der Waals surface area contributed by atoms with E-state index >= 15 is 0 Å². The maximum Gasteiger partial charge on any atom is 0.276 e. The van der Waals surface area contributed by atoms with Crippen LogP contribution >= 0.6 is 0 Å². The lowest BCUT2D eigenvalue weighted by Gasteiger charge is -2.50. The molecule has 0 saturated heterocycles. The molecule has 6 heteroatoms. The van der Waals surface area contributed by atoms with Crippen molar-refractivity contribution in [3.63, 3.8) is 0 Å². The van der Waals surface area contributed by atoms with Gasteiger partial charge >= 0.3 is 0 Å². The molecule has 0 bridgehead atoms. The van der Waals surface area contributed by atoms with Crippen LogP contribution in [-0.4, -0.2) is 9.36 Å². The second-order valence-electron chi connectivity index (χ2n) is 9.36. The Bertz CT molecular complexity index is 1470. The first-order chi connectivity index (χ1) is 16.6. The molecule has 1 saturated carbocycles. The monoisotopic (exact) mass is 453 g/mol. The van der Waals surface area contributed by atoms with Gasteiger partial charge in [-0.05, 0) is 62.4 Å². The maximum atomic E-state index is 14.1. The van der Waals surface area contributed by atoms with E-state index in [-0.39, 0.29) is 11.1 Å². The first-order valence-corrected chi connectivity index (χ1v) is 12.0. The molecule has 0 amide bonds. The Balaban J connectivity index is 1.72. The molecule has 0 unspecified atom stereocenters. The summed E-state index contributed by atoms with van der Waals surface area (Å²) in [5.41, 5.74) is 1.59. The predicted molar refractivity (Wildman–Crippen MR) is 133 cm³/mol. The number of nitrogens with zero attached hydrogens (tertiary/aromatic N) is 3. The van der Waals surface area contributed by atoms with Crippen molar-refractivity contribution in [1.82, 2.24) is 9.36 Å². The lowest BCUT2D eigenvalue weighted by atomic mass is 9.91. The second kappa shape index (κ2) is 7.99. The molecule has 1 aliphatic carbocycles. The highest BCUT2D eigenvalue weighted by molar-refractivity contribution is 5.80. The highest BCUT2D eigenvalue weighted by Gasteiger charge is 2.48. The number of fused-ring (bicyclic) bond motifs is 3. The third-order valence-corrected chi connectivity index (χ3v) is 7.13. The summed E-state index contributed by atoms with van der Waals surface area (Å²) in [6, 6.07) is 25.0. The summed E-state index contributed by atoms with van der Waals surface area (Å²) in [5, 5.41) is 2.71. The van der Waals surface area contributed by atoms with Gasteiger partial charge in [-0.25, -0.2) is 19.3 Å². The van der Waals surface area contributed by atoms with Crippen LogP contribution < -0.4 is 16.2 Å². The molecule has 3 aromatic carbocycles. The molecule has 4 aromatic rings. The number of benzene rings is 3. The molecule has 34 heavy (non-hydrogen) atoms. The third kappa shape index (κ3) is 3.13. The molecular formula is C28H27N3O3. The summed E-state index contributed by atoms with van der Waals surface area (Å²) < 4.78 is 3.29. The van der Waals surface area contributed by atoms with Crippen molar-refractivity contribution in [2.75, 3.05) is 5.06 Å². The van der Waals surface area contributed by atoms with Gasteiger partial charge in [0.15, 0.2) is 11.9 Å². The van der Waals surface area contributed by atoms with Gasteiger partial charge in [0.25, 0.3) is 11.1 Å². The van der Waals surface area contributed by atoms with Gasteiger partial charge in [0.2, 0.25) is 0 Å². The molecule has 1 spiro atoms. The number of aryl methyl sites for hydroxylation is 1. The van der Waals surface area contributed by atoms with Gasteiger partial charge in [-0.1, -0.05) is 66.6 Å². The summed E-state index contributed by atoms with van der Waals surface area (Å²) in [7, 11) is 0. The van der Waals surface area contributed by atoms with Gasteiger partial charge in [-0.15, -0.1) is 0 Å². The average molecular weight is 454 g/mol. The molecule has 1 atom stereocenters. The van der Waals surface area contributed by atoms with E-state index in [2.05, 4.69) is 0 Å². The fourth-order valence-corrected chi connectivity index (χ4v) is 5.45. The lowest BCUT2D eigenvalue weighted by Crippen LogP contribution is -2.62. The van der Waals surface area contributed by atoms with Crippen LogP contribution in [0.4, 0.5) is 5.69 Å². The molecule has 172 valence electrons. The predicted octanol–water partition coefficient (Wildman–Crippen LogP) is 5.09. The van der Waals surface area contributed by atoms with E-state index in [0.717, 1.165) is 36.1 Å². The Kier molecular flexibility index (Phi) is 4.92. The molecule has 1 aromatic heterocycles. The van der Waals surface area contributed by atoms with Crippen LogP contribution in [0.2, 0.25) is 0 Å². The molecule has 2 heterocycles. The normalized spacial score (nSPS) is 19.3. The topological polar surface area (TPSA) is 56.5 Å². The van der Waals surface area contributed by atoms with Crippen molar-refractivity contribution in [3.8, 4) is 0 Å². The minimum Gasteiger partial charge on any atom is -0.267 e. The molecule has 2 aliphatic rings. The highest BCUT2D eigenvalue weighted by atomic mass is 16.7. The fourth-order valence-electron chi connectivity index (χ4n) is 5.45. The largest absolute Gasteiger partial charge is 0.276 e. The van der Waals surface area contributed by atoms with Crippen LogP contribution in [0.3, 0.4) is 0 Å². The van der Waals surface area contributed by atoms with Crippen LogP contribution in [0, 0.1) is 6.92 Å². The van der Waals surface area contributed by atoms with E-state index in [9.17, 15) is 9.59 Å². The van der Waals surface area contributed by atoms with E-state index in [0.29, 0.717) is 23.6 Å².